The Morgan fingerprint density at radius 1 is 0.947 bits per heavy atom. The minimum absolute atomic E-state index is 0.0273. The number of carbonyl (C=O) groups is 1. The highest BCUT2D eigenvalue weighted by Crippen LogP contribution is 2.34. The van der Waals surface area contributed by atoms with Crippen molar-refractivity contribution in [3.63, 3.8) is 0 Å². The third kappa shape index (κ3) is 5.89. The highest BCUT2D eigenvalue weighted by Gasteiger charge is 2.19. The van der Waals surface area contributed by atoms with Crippen molar-refractivity contribution in [3.05, 3.63) is 72.3 Å². The van der Waals surface area contributed by atoms with Crippen molar-refractivity contribution in [3.8, 4) is 40.1 Å². The van der Waals surface area contributed by atoms with Crippen LogP contribution in [0.2, 0.25) is 0 Å². The van der Waals surface area contributed by atoms with Gasteiger partial charge >= 0.3 is 0 Å². The van der Waals surface area contributed by atoms with Crippen molar-refractivity contribution in [2.24, 2.45) is 5.10 Å². The number of carbonyl (C=O) groups excluding carboxylic acids is 1. The van der Waals surface area contributed by atoms with E-state index < -0.39 is 0 Å². The number of para-hydroxylation sites is 1. The van der Waals surface area contributed by atoms with Crippen molar-refractivity contribution in [1.82, 2.24) is 20.2 Å². The van der Waals surface area contributed by atoms with Crippen LogP contribution in [0.5, 0.6) is 23.0 Å². The molecule has 0 saturated carbocycles. The minimum Gasteiger partial charge on any atom is -0.504 e. The lowest BCUT2D eigenvalue weighted by Gasteiger charge is -2.12. The van der Waals surface area contributed by atoms with Crippen LogP contribution in [0, 0.1) is 0 Å². The summed E-state index contributed by atoms with van der Waals surface area (Å²) in [7, 11) is 4.62. The van der Waals surface area contributed by atoms with Crippen LogP contribution in [0.4, 0.5) is 0 Å². The molecule has 0 aliphatic carbocycles. The Kier molecular flexibility index (Phi) is 8.49. The molecule has 196 valence electrons. The molecule has 0 radical (unpaired) electrons. The quantitative estimate of drug-likeness (QED) is 0.176. The number of aromatic hydroxyl groups is 1. The third-order valence-corrected chi connectivity index (χ3v) is 6.50. The summed E-state index contributed by atoms with van der Waals surface area (Å²) in [6.45, 7) is 1.75. The normalized spacial score (nSPS) is 11.2. The number of nitrogens with zero attached hydrogens (tertiary/aromatic N) is 4. The molecule has 0 atom stereocenters. The Bertz CT molecular complexity index is 1460. The Hall–Kier alpha value is -4.51. The number of hydrazone groups is 1. The smallest absolute Gasteiger partial charge is 0.250 e. The van der Waals surface area contributed by atoms with Crippen LogP contribution in [-0.4, -0.2) is 58.6 Å². The average molecular weight is 534 g/mol. The molecule has 3 aromatic carbocycles. The van der Waals surface area contributed by atoms with Gasteiger partial charge in [0.1, 0.15) is 0 Å². The molecule has 10 nitrogen and oxygen atoms in total. The summed E-state index contributed by atoms with van der Waals surface area (Å²) in [5.74, 6) is 1.87. The van der Waals surface area contributed by atoms with E-state index in [1.807, 2.05) is 53.1 Å². The number of nitrogens with one attached hydrogen (secondary N) is 1. The van der Waals surface area contributed by atoms with Crippen molar-refractivity contribution < 1.29 is 24.1 Å². The van der Waals surface area contributed by atoms with Gasteiger partial charge in [0.2, 0.25) is 0 Å². The summed E-state index contributed by atoms with van der Waals surface area (Å²) >= 11 is 1.24. The molecule has 11 heteroatoms. The van der Waals surface area contributed by atoms with Gasteiger partial charge in [-0.15, -0.1) is 10.2 Å². The monoisotopic (exact) mass is 533 g/mol. The Morgan fingerprint density at radius 3 is 2.39 bits per heavy atom. The first-order chi connectivity index (χ1) is 18.4. The maximum atomic E-state index is 12.6. The molecule has 0 aliphatic rings. The number of rotatable bonds is 10. The van der Waals surface area contributed by atoms with Crippen LogP contribution in [0.15, 0.2) is 77.0 Å². The Morgan fingerprint density at radius 2 is 1.68 bits per heavy atom. The fourth-order valence-corrected chi connectivity index (χ4v) is 4.36. The van der Waals surface area contributed by atoms with E-state index in [0.717, 1.165) is 11.3 Å². The summed E-state index contributed by atoms with van der Waals surface area (Å²) in [6, 6.07) is 20.0. The zero-order valence-electron chi connectivity index (χ0n) is 21.3. The summed E-state index contributed by atoms with van der Waals surface area (Å²) in [5, 5.41) is 23.3. The first-order valence-electron chi connectivity index (χ1n) is 11.5. The van der Waals surface area contributed by atoms with Crippen LogP contribution in [0.25, 0.3) is 17.1 Å². The highest BCUT2D eigenvalue weighted by molar-refractivity contribution is 7.99. The highest BCUT2D eigenvalue weighted by atomic mass is 32.2. The molecular weight excluding hydrogens is 506 g/mol. The van der Waals surface area contributed by atoms with E-state index in [-0.39, 0.29) is 17.4 Å². The van der Waals surface area contributed by atoms with Crippen molar-refractivity contribution >= 4 is 23.4 Å². The van der Waals surface area contributed by atoms with Crippen molar-refractivity contribution in [1.29, 1.82) is 0 Å². The van der Waals surface area contributed by atoms with E-state index in [2.05, 4.69) is 20.7 Å². The number of aromatic nitrogens is 3. The molecule has 1 heterocycles. The zero-order chi connectivity index (χ0) is 27.1. The number of phenolic OH excluding ortho intramolecular Hbond substituents is 1. The molecule has 2 N–H and O–H groups in total. The van der Waals surface area contributed by atoms with Gasteiger partial charge in [-0.05, 0) is 55.5 Å². The van der Waals surface area contributed by atoms with Gasteiger partial charge in [0.15, 0.2) is 34.0 Å². The molecule has 1 amide bonds. The van der Waals surface area contributed by atoms with E-state index in [1.165, 1.54) is 24.9 Å². The maximum absolute atomic E-state index is 12.6. The number of thioether (sulfide) groups is 1. The lowest BCUT2D eigenvalue weighted by molar-refractivity contribution is -0.118. The summed E-state index contributed by atoms with van der Waals surface area (Å²) in [4.78, 5) is 12.6. The number of phenols is 1. The van der Waals surface area contributed by atoms with Gasteiger partial charge in [0.25, 0.3) is 5.91 Å². The van der Waals surface area contributed by atoms with E-state index >= 15 is 0 Å². The van der Waals surface area contributed by atoms with E-state index in [9.17, 15) is 9.90 Å². The van der Waals surface area contributed by atoms with Gasteiger partial charge in [-0.3, -0.25) is 9.36 Å². The fourth-order valence-electron chi connectivity index (χ4n) is 3.61. The largest absolute Gasteiger partial charge is 0.504 e. The second-order valence-electron chi connectivity index (χ2n) is 7.95. The predicted molar refractivity (Wildman–Crippen MR) is 146 cm³/mol. The van der Waals surface area contributed by atoms with Gasteiger partial charge in [-0.1, -0.05) is 30.0 Å². The SMILES string of the molecule is COc1cc(C(C)=NNC(=O)CSc2nnc(-c3ccc(OC)c(OC)c3)n2-c2ccccc2)ccc1O. The lowest BCUT2D eigenvalue weighted by atomic mass is 10.1. The molecule has 0 aliphatic heterocycles. The number of benzene rings is 3. The molecule has 1 aromatic heterocycles. The molecule has 0 bridgehead atoms. The molecule has 0 spiro atoms. The third-order valence-electron chi connectivity index (χ3n) is 5.57. The molecule has 4 rings (SSSR count). The summed E-state index contributed by atoms with van der Waals surface area (Å²) < 4.78 is 17.8. The van der Waals surface area contributed by atoms with Crippen LogP contribution >= 0.6 is 11.8 Å². The second kappa shape index (κ2) is 12.2. The Balaban J connectivity index is 1.54. The molecule has 0 saturated heterocycles. The number of amides is 1. The van der Waals surface area contributed by atoms with Crippen LogP contribution < -0.4 is 19.6 Å². The van der Waals surface area contributed by atoms with Gasteiger partial charge < -0.3 is 19.3 Å². The standard InChI is InChI=1S/C27H27N5O5S/c1-17(18-10-12-21(33)23(14-18)36-3)28-29-25(34)16-38-27-31-30-26(32(27)20-8-6-5-7-9-20)19-11-13-22(35-2)24(15-19)37-4/h5-15,33H,16H2,1-4H3,(H,29,34). The van der Waals surface area contributed by atoms with Crippen molar-refractivity contribution in [2.75, 3.05) is 27.1 Å². The maximum Gasteiger partial charge on any atom is 0.250 e. The van der Waals surface area contributed by atoms with Crippen LogP contribution in [-0.2, 0) is 4.79 Å². The van der Waals surface area contributed by atoms with E-state index in [4.69, 9.17) is 14.2 Å². The van der Waals surface area contributed by atoms with Gasteiger partial charge in [-0.2, -0.15) is 5.10 Å². The lowest BCUT2D eigenvalue weighted by Crippen LogP contribution is -2.21. The first-order valence-corrected chi connectivity index (χ1v) is 12.5. The van der Waals surface area contributed by atoms with Crippen LogP contribution in [0.3, 0.4) is 0 Å². The number of hydrogen-bond acceptors (Lipinski definition) is 9. The molecule has 4 aromatic rings. The van der Waals surface area contributed by atoms with Crippen LogP contribution in [0.1, 0.15) is 12.5 Å². The Labute approximate surface area is 224 Å². The predicted octanol–water partition coefficient (Wildman–Crippen LogP) is 4.30. The number of ether oxygens (including phenoxy) is 3. The topological polar surface area (TPSA) is 120 Å². The molecule has 0 fully saturated rings. The second-order valence-corrected chi connectivity index (χ2v) is 8.90. The van der Waals surface area contributed by atoms with Gasteiger partial charge in [-0.25, -0.2) is 5.43 Å². The van der Waals surface area contributed by atoms with E-state index in [0.29, 0.717) is 39.5 Å². The van der Waals surface area contributed by atoms with Crippen molar-refractivity contribution in [2.45, 2.75) is 12.1 Å². The molecule has 0 unspecified atom stereocenters. The fraction of sp³-hybridized carbons (Fsp3) is 0.185. The molecule has 38 heavy (non-hydrogen) atoms. The van der Waals surface area contributed by atoms with Gasteiger partial charge in [0.05, 0.1) is 32.8 Å². The average Bonchev–Trinajstić information content (AvgIpc) is 3.39. The number of methoxy groups -OCH3 is 3. The number of hydrogen-bond donors (Lipinski definition) is 2. The first kappa shape index (κ1) is 26.6. The zero-order valence-corrected chi connectivity index (χ0v) is 22.2. The summed E-state index contributed by atoms with van der Waals surface area (Å²) in [6.07, 6.45) is 0. The minimum atomic E-state index is -0.310. The van der Waals surface area contributed by atoms with Gasteiger partial charge in [0, 0.05) is 16.8 Å². The van der Waals surface area contributed by atoms with E-state index in [1.54, 1.807) is 33.3 Å². The summed E-state index contributed by atoms with van der Waals surface area (Å²) in [5.41, 5.74) is 5.46. The molecular formula is C27H27N5O5S.